The molecule has 2 aromatic carbocycles. The van der Waals surface area contributed by atoms with Crippen LogP contribution in [-0.4, -0.2) is 16.0 Å². The summed E-state index contributed by atoms with van der Waals surface area (Å²) in [6.07, 6.45) is 0. The summed E-state index contributed by atoms with van der Waals surface area (Å²) in [4.78, 5) is 9.07. The average molecular weight is 322 g/mol. The van der Waals surface area contributed by atoms with Gasteiger partial charge < -0.3 is 10.6 Å². The largest absolute Gasteiger partial charge is 0.368 e. The smallest absolute Gasteiger partial charge is 0.163 e. The molecule has 0 amide bonds. The molecule has 3 rings (SSSR count). The summed E-state index contributed by atoms with van der Waals surface area (Å²) in [5, 5.41) is 6.30. The highest BCUT2D eigenvalue weighted by atomic mass is 19.1. The van der Waals surface area contributed by atoms with Crippen LogP contribution in [0.15, 0.2) is 60.7 Å². The number of hydrogen-bond acceptors (Lipinski definition) is 4. The molecule has 24 heavy (non-hydrogen) atoms. The van der Waals surface area contributed by atoms with Gasteiger partial charge in [0, 0.05) is 17.7 Å². The molecular weight excluding hydrogens is 303 g/mol. The number of anilines is 3. The van der Waals surface area contributed by atoms with Crippen LogP contribution in [0.1, 0.15) is 13.8 Å². The van der Waals surface area contributed by atoms with Gasteiger partial charge in [0.2, 0.25) is 0 Å². The zero-order valence-corrected chi connectivity index (χ0v) is 13.6. The number of benzene rings is 2. The summed E-state index contributed by atoms with van der Waals surface area (Å²) < 4.78 is 13.9. The van der Waals surface area contributed by atoms with Crippen molar-refractivity contribution in [1.29, 1.82) is 0 Å². The Morgan fingerprint density at radius 1 is 0.875 bits per heavy atom. The van der Waals surface area contributed by atoms with Crippen molar-refractivity contribution in [3.05, 3.63) is 66.5 Å². The minimum absolute atomic E-state index is 0.227. The highest BCUT2D eigenvalue weighted by molar-refractivity contribution is 5.65. The van der Waals surface area contributed by atoms with E-state index < -0.39 is 0 Å². The van der Waals surface area contributed by atoms with E-state index in [1.165, 1.54) is 6.07 Å². The molecule has 1 heterocycles. The van der Waals surface area contributed by atoms with Gasteiger partial charge in [0.1, 0.15) is 17.5 Å². The number of para-hydroxylation sites is 1. The Labute approximate surface area is 140 Å². The third-order valence-corrected chi connectivity index (χ3v) is 3.33. The molecule has 0 atom stereocenters. The van der Waals surface area contributed by atoms with Crippen LogP contribution in [0.2, 0.25) is 0 Å². The van der Waals surface area contributed by atoms with Crippen LogP contribution in [0.4, 0.5) is 21.7 Å². The van der Waals surface area contributed by atoms with E-state index in [9.17, 15) is 4.39 Å². The second kappa shape index (κ2) is 7.08. The molecule has 0 unspecified atom stereocenters. The SMILES string of the molecule is CC(C)Nc1cc(Nc2ccccc2F)nc(-c2ccccc2)n1. The predicted octanol–water partition coefficient (Wildman–Crippen LogP) is 4.85. The molecule has 0 radical (unpaired) electrons. The van der Waals surface area contributed by atoms with Crippen molar-refractivity contribution < 1.29 is 4.39 Å². The van der Waals surface area contributed by atoms with E-state index >= 15 is 0 Å². The number of nitrogens with one attached hydrogen (secondary N) is 2. The molecule has 122 valence electrons. The fourth-order valence-electron chi connectivity index (χ4n) is 2.30. The Morgan fingerprint density at radius 2 is 1.54 bits per heavy atom. The lowest BCUT2D eigenvalue weighted by molar-refractivity contribution is 0.632. The molecule has 0 saturated carbocycles. The van der Waals surface area contributed by atoms with Gasteiger partial charge in [-0.25, -0.2) is 14.4 Å². The first-order valence-corrected chi connectivity index (χ1v) is 7.84. The second-order valence-corrected chi connectivity index (χ2v) is 5.73. The second-order valence-electron chi connectivity index (χ2n) is 5.73. The van der Waals surface area contributed by atoms with E-state index in [0.29, 0.717) is 23.1 Å². The molecule has 0 aliphatic rings. The molecule has 5 heteroatoms. The molecular formula is C19H19FN4. The summed E-state index contributed by atoms with van der Waals surface area (Å²) in [5.74, 6) is 1.49. The van der Waals surface area contributed by atoms with E-state index in [-0.39, 0.29) is 11.9 Å². The minimum Gasteiger partial charge on any atom is -0.368 e. The maximum atomic E-state index is 13.9. The first kappa shape index (κ1) is 15.9. The highest BCUT2D eigenvalue weighted by Crippen LogP contribution is 2.24. The Morgan fingerprint density at radius 3 is 2.25 bits per heavy atom. The quantitative estimate of drug-likeness (QED) is 0.705. The van der Waals surface area contributed by atoms with Crippen molar-refractivity contribution >= 4 is 17.3 Å². The maximum Gasteiger partial charge on any atom is 0.163 e. The van der Waals surface area contributed by atoms with Gasteiger partial charge in [-0.1, -0.05) is 42.5 Å². The molecule has 3 aromatic rings. The number of rotatable bonds is 5. The van der Waals surface area contributed by atoms with Gasteiger partial charge in [-0.2, -0.15) is 0 Å². The van der Waals surface area contributed by atoms with Crippen molar-refractivity contribution in [1.82, 2.24) is 9.97 Å². The standard InChI is InChI=1S/C19H19FN4/c1-13(2)21-17-12-18(22-16-11-7-6-10-15(16)20)24-19(23-17)14-8-4-3-5-9-14/h3-13H,1-2H3,(H2,21,22,23,24). The highest BCUT2D eigenvalue weighted by Gasteiger charge is 2.09. The van der Waals surface area contributed by atoms with Gasteiger partial charge in [0.15, 0.2) is 5.82 Å². The molecule has 1 aromatic heterocycles. The van der Waals surface area contributed by atoms with E-state index in [1.807, 2.05) is 44.2 Å². The van der Waals surface area contributed by atoms with Crippen LogP contribution < -0.4 is 10.6 Å². The Balaban J connectivity index is 2.00. The van der Waals surface area contributed by atoms with Gasteiger partial charge in [-0.15, -0.1) is 0 Å². The van der Waals surface area contributed by atoms with Crippen molar-refractivity contribution in [2.24, 2.45) is 0 Å². The zero-order valence-electron chi connectivity index (χ0n) is 13.6. The lowest BCUT2D eigenvalue weighted by Gasteiger charge is -2.13. The summed E-state index contributed by atoms with van der Waals surface area (Å²) in [5.41, 5.74) is 1.28. The predicted molar refractivity (Wildman–Crippen MR) is 95.9 cm³/mol. The number of aromatic nitrogens is 2. The molecule has 0 fully saturated rings. The van der Waals surface area contributed by atoms with Gasteiger partial charge in [-0.3, -0.25) is 0 Å². The summed E-state index contributed by atoms with van der Waals surface area (Å²) >= 11 is 0. The summed E-state index contributed by atoms with van der Waals surface area (Å²) in [6.45, 7) is 4.07. The summed E-state index contributed by atoms with van der Waals surface area (Å²) in [6, 6.07) is 18.2. The third-order valence-electron chi connectivity index (χ3n) is 3.33. The van der Waals surface area contributed by atoms with Crippen LogP contribution in [0.3, 0.4) is 0 Å². The minimum atomic E-state index is -0.323. The van der Waals surface area contributed by atoms with E-state index in [1.54, 1.807) is 24.3 Å². The number of halogens is 1. The lowest BCUT2D eigenvalue weighted by Crippen LogP contribution is -2.12. The van der Waals surface area contributed by atoms with Gasteiger partial charge in [-0.05, 0) is 26.0 Å². The van der Waals surface area contributed by atoms with Crippen LogP contribution in [0, 0.1) is 5.82 Å². The maximum absolute atomic E-state index is 13.9. The normalized spacial score (nSPS) is 10.7. The number of hydrogen-bond donors (Lipinski definition) is 2. The van der Waals surface area contributed by atoms with Gasteiger partial charge in [0.05, 0.1) is 5.69 Å². The monoisotopic (exact) mass is 322 g/mol. The molecule has 0 bridgehead atoms. The lowest BCUT2D eigenvalue weighted by atomic mass is 10.2. The molecule has 0 saturated heterocycles. The van der Waals surface area contributed by atoms with Crippen LogP contribution >= 0.6 is 0 Å². The van der Waals surface area contributed by atoms with Gasteiger partial charge in [0.25, 0.3) is 0 Å². The average Bonchev–Trinajstić information content (AvgIpc) is 2.57. The van der Waals surface area contributed by atoms with E-state index in [4.69, 9.17) is 0 Å². The fraction of sp³-hybridized carbons (Fsp3) is 0.158. The Kier molecular flexibility index (Phi) is 4.70. The van der Waals surface area contributed by atoms with E-state index in [0.717, 1.165) is 5.56 Å². The molecule has 2 N–H and O–H groups in total. The molecule has 0 aliphatic carbocycles. The topological polar surface area (TPSA) is 49.8 Å². The van der Waals surface area contributed by atoms with Crippen LogP contribution in [0.25, 0.3) is 11.4 Å². The van der Waals surface area contributed by atoms with Crippen LogP contribution in [0.5, 0.6) is 0 Å². The van der Waals surface area contributed by atoms with Crippen molar-refractivity contribution in [2.75, 3.05) is 10.6 Å². The van der Waals surface area contributed by atoms with Crippen molar-refractivity contribution in [3.8, 4) is 11.4 Å². The van der Waals surface area contributed by atoms with Crippen LogP contribution in [-0.2, 0) is 0 Å². The van der Waals surface area contributed by atoms with E-state index in [2.05, 4.69) is 20.6 Å². The summed E-state index contributed by atoms with van der Waals surface area (Å²) in [7, 11) is 0. The van der Waals surface area contributed by atoms with Crippen molar-refractivity contribution in [3.63, 3.8) is 0 Å². The Hall–Kier alpha value is -2.95. The number of nitrogens with zero attached hydrogens (tertiary/aromatic N) is 2. The third kappa shape index (κ3) is 3.87. The Bertz CT molecular complexity index is 819. The molecule has 4 nitrogen and oxygen atoms in total. The first-order valence-electron chi connectivity index (χ1n) is 7.84. The molecule has 0 spiro atoms. The molecule has 0 aliphatic heterocycles. The van der Waals surface area contributed by atoms with Gasteiger partial charge >= 0.3 is 0 Å². The first-order chi connectivity index (χ1) is 11.6. The fourth-order valence-corrected chi connectivity index (χ4v) is 2.30. The zero-order chi connectivity index (χ0) is 16.9. The van der Waals surface area contributed by atoms with Crippen molar-refractivity contribution in [2.45, 2.75) is 19.9 Å².